The lowest BCUT2D eigenvalue weighted by atomic mass is 10.1. The molecule has 1 fully saturated rings. The summed E-state index contributed by atoms with van der Waals surface area (Å²) in [6.07, 6.45) is 1.91. The average molecular weight is 127 g/mol. The topological polar surface area (TPSA) is 46.5 Å². The summed E-state index contributed by atoms with van der Waals surface area (Å²) in [4.78, 5) is 20.7. The summed E-state index contributed by atoms with van der Waals surface area (Å²) >= 11 is 0. The van der Waals surface area contributed by atoms with Crippen LogP contribution >= 0.6 is 0 Å². The number of Topliss-reactive ketones (excluding diaryl/α,β-unsaturated/α-hetero) is 1. The van der Waals surface area contributed by atoms with Crippen molar-refractivity contribution in [2.75, 3.05) is 0 Å². The minimum Gasteiger partial charge on any atom is -0.297 e. The molecule has 0 aromatic rings. The van der Waals surface area contributed by atoms with E-state index in [2.05, 4.69) is 5.18 Å². The Balaban J connectivity index is 2.39. The molecule has 0 N–H and O–H groups in total. The monoisotopic (exact) mass is 127 g/mol. The van der Waals surface area contributed by atoms with E-state index in [-0.39, 0.29) is 11.7 Å². The van der Waals surface area contributed by atoms with Crippen molar-refractivity contribution in [3.8, 4) is 0 Å². The Kier molecular flexibility index (Phi) is 1.60. The number of carbonyl (C=O) groups excluding carboxylic acids is 1. The lowest BCUT2D eigenvalue weighted by molar-refractivity contribution is -0.121. The molecule has 0 aliphatic heterocycles. The molecular weight excluding hydrogens is 118 g/mol. The Morgan fingerprint density at radius 1 is 1.67 bits per heavy atom. The van der Waals surface area contributed by atoms with Crippen molar-refractivity contribution in [2.24, 2.45) is 11.1 Å². The first-order valence-electron chi connectivity index (χ1n) is 3.12. The van der Waals surface area contributed by atoms with Gasteiger partial charge in [0.1, 0.15) is 6.04 Å². The maximum atomic E-state index is 10.8. The van der Waals surface area contributed by atoms with Crippen molar-refractivity contribution >= 4 is 5.78 Å². The van der Waals surface area contributed by atoms with Crippen molar-refractivity contribution in [2.45, 2.75) is 25.8 Å². The Labute approximate surface area is 53.4 Å². The zero-order chi connectivity index (χ0) is 6.85. The van der Waals surface area contributed by atoms with E-state index in [0.29, 0.717) is 0 Å². The number of ketones is 1. The van der Waals surface area contributed by atoms with Crippen LogP contribution in [-0.4, -0.2) is 11.8 Å². The highest BCUT2D eigenvalue weighted by atomic mass is 16.3. The van der Waals surface area contributed by atoms with Gasteiger partial charge in [0.2, 0.25) is 0 Å². The molecule has 1 aliphatic rings. The fourth-order valence-electron chi connectivity index (χ4n) is 0.761. The van der Waals surface area contributed by atoms with Crippen molar-refractivity contribution < 1.29 is 4.79 Å². The van der Waals surface area contributed by atoms with Gasteiger partial charge in [0.15, 0.2) is 5.78 Å². The Hall–Kier alpha value is -0.730. The summed E-state index contributed by atoms with van der Waals surface area (Å²) in [6.45, 7) is 1.55. The van der Waals surface area contributed by atoms with Gasteiger partial charge >= 0.3 is 0 Å². The highest BCUT2D eigenvalue weighted by Gasteiger charge is 2.33. The van der Waals surface area contributed by atoms with Crippen LogP contribution in [0.3, 0.4) is 0 Å². The normalized spacial score (nSPS) is 21.0. The van der Waals surface area contributed by atoms with Gasteiger partial charge in [-0.25, -0.2) is 0 Å². The van der Waals surface area contributed by atoms with E-state index >= 15 is 0 Å². The van der Waals surface area contributed by atoms with Gasteiger partial charge in [0, 0.05) is 5.92 Å². The molecule has 1 atom stereocenters. The van der Waals surface area contributed by atoms with Crippen molar-refractivity contribution in [1.29, 1.82) is 0 Å². The van der Waals surface area contributed by atoms with Crippen LogP contribution in [0.5, 0.6) is 0 Å². The van der Waals surface area contributed by atoms with Gasteiger partial charge in [-0.05, 0) is 19.8 Å². The molecule has 0 bridgehead atoms. The van der Waals surface area contributed by atoms with Crippen LogP contribution in [-0.2, 0) is 4.79 Å². The van der Waals surface area contributed by atoms with Crippen LogP contribution in [0, 0.1) is 10.8 Å². The molecule has 3 nitrogen and oxygen atoms in total. The summed E-state index contributed by atoms with van der Waals surface area (Å²) in [5.74, 6) is 0.183. The number of nitrogens with zero attached hydrogens (tertiary/aromatic N) is 1. The molecular formula is C6H9NO2. The Morgan fingerprint density at radius 2 is 2.22 bits per heavy atom. The molecule has 0 heterocycles. The van der Waals surface area contributed by atoms with Crippen LogP contribution < -0.4 is 0 Å². The highest BCUT2D eigenvalue weighted by molar-refractivity contribution is 5.87. The predicted octanol–water partition coefficient (Wildman–Crippen LogP) is 1.12. The summed E-state index contributed by atoms with van der Waals surface area (Å²) in [5, 5.41) is 2.65. The molecule has 9 heavy (non-hydrogen) atoms. The number of nitroso groups, excluding NO2 is 1. The maximum Gasteiger partial charge on any atom is 0.163 e. The van der Waals surface area contributed by atoms with Crippen LogP contribution in [0.1, 0.15) is 19.8 Å². The lowest BCUT2D eigenvalue weighted by Gasteiger charge is -1.95. The molecule has 3 heteroatoms. The number of hydrogen-bond donors (Lipinski definition) is 0. The minimum atomic E-state index is -0.613. The predicted molar refractivity (Wildman–Crippen MR) is 33.0 cm³/mol. The first kappa shape index (κ1) is 6.39. The molecule has 0 aromatic heterocycles. The molecule has 1 saturated carbocycles. The Morgan fingerprint density at radius 3 is 2.56 bits per heavy atom. The average Bonchev–Trinajstić information content (AvgIpc) is 2.66. The van der Waals surface area contributed by atoms with E-state index in [0.717, 1.165) is 12.8 Å². The lowest BCUT2D eigenvalue weighted by Crippen LogP contribution is -2.15. The van der Waals surface area contributed by atoms with E-state index < -0.39 is 6.04 Å². The van der Waals surface area contributed by atoms with E-state index in [1.54, 1.807) is 6.92 Å². The first-order chi connectivity index (χ1) is 4.25. The van der Waals surface area contributed by atoms with Gasteiger partial charge < -0.3 is 0 Å². The summed E-state index contributed by atoms with van der Waals surface area (Å²) < 4.78 is 0. The van der Waals surface area contributed by atoms with Crippen molar-refractivity contribution in [3.63, 3.8) is 0 Å². The van der Waals surface area contributed by atoms with Crippen LogP contribution in [0.2, 0.25) is 0 Å². The molecule has 0 aromatic carbocycles. The van der Waals surface area contributed by atoms with Crippen molar-refractivity contribution in [3.05, 3.63) is 4.91 Å². The van der Waals surface area contributed by atoms with E-state index in [1.165, 1.54) is 0 Å². The molecule has 1 aliphatic carbocycles. The van der Waals surface area contributed by atoms with Crippen LogP contribution in [0.15, 0.2) is 5.18 Å². The van der Waals surface area contributed by atoms with Gasteiger partial charge in [0.05, 0.1) is 0 Å². The second-order valence-electron chi connectivity index (χ2n) is 2.46. The molecule has 0 amide bonds. The second-order valence-corrected chi connectivity index (χ2v) is 2.46. The standard InChI is InChI=1S/C6H9NO2/c1-4(7-9)6(8)5-2-3-5/h4-5H,2-3H2,1H3. The van der Waals surface area contributed by atoms with Crippen LogP contribution in [0.4, 0.5) is 0 Å². The molecule has 0 saturated heterocycles. The van der Waals surface area contributed by atoms with Gasteiger partial charge in [0.25, 0.3) is 0 Å². The van der Waals surface area contributed by atoms with E-state index in [1.807, 2.05) is 0 Å². The molecule has 1 unspecified atom stereocenters. The Bertz CT molecular complexity index is 140. The van der Waals surface area contributed by atoms with Gasteiger partial charge in [-0.15, -0.1) is 0 Å². The quantitative estimate of drug-likeness (QED) is 0.533. The molecule has 1 rings (SSSR count). The zero-order valence-corrected chi connectivity index (χ0v) is 5.33. The van der Waals surface area contributed by atoms with E-state index in [9.17, 15) is 9.70 Å². The molecule has 50 valence electrons. The van der Waals surface area contributed by atoms with Crippen molar-refractivity contribution in [1.82, 2.24) is 0 Å². The van der Waals surface area contributed by atoms with Gasteiger partial charge in [-0.2, -0.15) is 4.91 Å². The zero-order valence-electron chi connectivity index (χ0n) is 5.33. The van der Waals surface area contributed by atoms with Crippen LogP contribution in [0.25, 0.3) is 0 Å². The summed E-state index contributed by atoms with van der Waals surface area (Å²) in [5.41, 5.74) is 0. The largest absolute Gasteiger partial charge is 0.297 e. The smallest absolute Gasteiger partial charge is 0.163 e. The first-order valence-corrected chi connectivity index (χ1v) is 3.12. The number of carbonyl (C=O) groups is 1. The second kappa shape index (κ2) is 2.25. The van der Waals surface area contributed by atoms with Gasteiger partial charge in [-0.1, -0.05) is 5.18 Å². The highest BCUT2D eigenvalue weighted by Crippen LogP contribution is 2.31. The summed E-state index contributed by atoms with van der Waals surface area (Å²) in [6, 6.07) is -0.613. The van der Waals surface area contributed by atoms with E-state index in [4.69, 9.17) is 0 Å². The molecule has 0 spiro atoms. The third kappa shape index (κ3) is 1.34. The summed E-state index contributed by atoms with van der Waals surface area (Å²) in [7, 11) is 0. The minimum absolute atomic E-state index is 0.0185. The molecule has 0 radical (unpaired) electrons. The third-order valence-electron chi connectivity index (χ3n) is 1.55. The maximum absolute atomic E-state index is 10.8. The number of hydrogen-bond acceptors (Lipinski definition) is 3. The van der Waals surface area contributed by atoms with Gasteiger partial charge in [-0.3, -0.25) is 4.79 Å². The number of rotatable bonds is 3. The fraction of sp³-hybridized carbons (Fsp3) is 0.833. The fourth-order valence-corrected chi connectivity index (χ4v) is 0.761. The SMILES string of the molecule is CC(N=O)C(=O)C1CC1. The third-order valence-corrected chi connectivity index (χ3v) is 1.55.